The molecular formula is C13H17N3O4S. The van der Waals surface area contributed by atoms with E-state index < -0.39 is 5.97 Å². The van der Waals surface area contributed by atoms with Gasteiger partial charge < -0.3 is 15.0 Å². The highest BCUT2D eigenvalue weighted by Crippen LogP contribution is 2.22. The molecule has 0 spiro atoms. The van der Waals surface area contributed by atoms with Gasteiger partial charge in [-0.1, -0.05) is 11.8 Å². The van der Waals surface area contributed by atoms with E-state index in [9.17, 15) is 14.4 Å². The number of aromatic amines is 1. The molecule has 8 heteroatoms. The van der Waals surface area contributed by atoms with Crippen LogP contribution in [0.2, 0.25) is 0 Å². The van der Waals surface area contributed by atoms with Crippen molar-refractivity contribution in [2.24, 2.45) is 0 Å². The summed E-state index contributed by atoms with van der Waals surface area (Å²) in [6.45, 7) is 1.75. The van der Waals surface area contributed by atoms with Crippen LogP contribution in [-0.4, -0.2) is 40.2 Å². The molecule has 1 aliphatic rings. The average molecular weight is 311 g/mol. The predicted octanol–water partition coefficient (Wildman–Crippen LogP) is 0.245. The van der Waals surface area contributed by atoms with Crippen molar-refractivity contribution >= 4 is 23.6 Å². The molecule has 2 rings (SSSR count). The fourth-order valence-electron chi connectivity index (χ4n) is 1.62. The number of thioether (sulfide) groups is 1. The second-order valence-corrected chi connectivity index (χ2v) is 6.17. The van der Waals surface area contributed by atoms with Crippen molar-refractivity contribution in [3.05, 3.63) is 22.1 Å². The first-order chi connectivity index (χ1) is 9.97. The number of methoxy groups -OCH3 is 1. The van der Waals surface area contributed by atoms with E-state index in [2.05, 4.69) is 20.0 Å². The molecule has 0 saturated heterocycles. The molecule has 0 radical (unpaired) electrons. The van der Waals surface area contributed by atoms with Crippen LogP contribution in [0.3, 0.4) is 0 Å². The predicted molar refractivity (Wildman–Crippen MR) is 77.1 cm³/mol. The maximum absolute atomic E-state index is 11.9. The summed E-state index contributed by atoms with van der Waals surface area (Å²) in [4.78, 5) is 41.4. The number of hydrogen-bond donors (Lipinski definition) is 2. The molecule has 7 nitrogen and oxygen atoms in total. The van der Waals surface area contributed by atoms with E-state index in [0.29, 0.717) is 16.9 Å². The van der Waals surface area contributed by atoms with E-state index in [4.69, 9.17) is 0 Å². The smallest absolute Gasteiger partial charge is 0.311 e. The molecule has 0 unspecified atom stereocenters. The molecule has 1 aromatic heterocycles. The van der Waals surface area contributed by atoms with Crippen LogP contribution < -0.4 is 10.9 Å². The molecule has 1 aliphatic carbocycles. The van der Waals surface area contributed by atoms with Gasteiger partial charge in [-0.25, -0.2) is 4.98 Å². The molecule has 2 N–H and O–H groups in total. The Bertz CT molecular complexity index is 597. The van der Waals surface area contributed by atoms with Gasteiger partial charge in [-0.05, 0) is 19.8 Å². The van der Waals surface area contributed by atoms with Gasteiger partial charge in [-0.2, -0.15) is 0 Å². The van der Waals surface area contributed by atoms with Crippen LogP contribution in [0.1, 0.15) is 25.5 Å². The normalized spacial score (nSPS) is 15.3. The first-order valence-corrected chi connectivity index (χ1v) is 7.50. The summed E-state index contributed by atoms with van der Waals surface area (Å²) in [5.74, 6) is -0.549. The van der Waals surface area contributed by atoms with Crippen LogP contribution in [0, 0.1) is 0 Å². The van der Waals surface area contributed by atoms with Crippen molar-refractivity contribution in [3.8, 4) is 0 Å². The van der Waals surface area contributed by atoms with Crippen LogP contribution in [0.4, 0.5) is 0 Å². The second-order valence-electron chi connectivity index (χ2n) is 4.84. The van der Waals surface area contributed by atoms with Crippen molar-refractivity contribution in [1.82, 2.24) is 15.3 Å². The van der Waals surface area contributed by atoms with Crippen LogP contribution >= 0.6 is 11.8 Å². The molecule has 0 aliphatic heterocycles. The molecule has 1 saturated carbocycles. The molecule has 1 aromatic rings. The number of nitrogens with zero attached hydrogens (tertiary/aromatic N) is 1. The number of carbonyl (C=O) groups is 2. The Balaban J connectivity index is 2.02. The van der Waals surface area contributed by atoms with Crippen LogP contribution in [0.5, 0.6) is 0 Å². The monoisotopic (exact) mass is 311 g/mol. The lowest BCUT2D eigenvalue weighted by molar-refractivity contribution is -0.139. The summed E-state index contributed by atoms with van der Waals surface area (Å²) in [7, 11) is 1.27. The number of nitrogens with one attached hydrogen (secondary N) is 2. The number of hydrogen-bond acceptors (Lipinski definition) is 6. The maximum Gasteiger partial charge on any atom is 0.311 e. The molecule has 114 valence electrons. The zero-order chi connectivity index (χ0) is 15.4. The fraction of sp³-hybridized carbons (Fsp3) is 0.538. The number of carbonyl (C=O) groups excluding carboxylic acids is 2. The quantitative estimate of drug-likeness (QED) is 0.443. The summed E-state index contributed by atoms with van der Waals surface area (Å²) >= 11 is 1.15. The first-order valence-electron chi connectivity index (χ1n) is 6.62. The van der Waals surface area contributed by atoms with Gasteiger partial charge in [0.2, 0.25) is 5.91 Å². The minimum Gasteiger partial charge on any atom is -0.469 e. The maximum atomic E-state index is 11.9. The summed E-state index contributed by atoms with van der Waals surface area (Å²) < 4.78 is 4.54. The Kier molecular flexibility index (Phi) is 5.00. The highest BCUT2D eigenvalue weighted by molar-refractivity contribution is 8.00. The molecule has 1 fully saturated rings. The van der Waals surface area contributed by atoms with Crippen molar-refractivity contribution in [3.63, 3.8) is 0 Å². The summed E-state index contributed by atoms with van der Waals surface area (Å²) in [5.41, 5.74) is -0.0379. The minimum absolute atomic E-state index is 0.0728. The van der Waals surface area contributed by atoms with Crippen molar-refractivity contribution < 1.29 is 14.3 Å². The number of H-pyrrole nitrogens is 1. The molecular weight excluding hydrogens is 294 g/mol. The summed E-state index contributed by atoms with van der Waals surface area (Å²) in [5, 5.41) is 2.84. The lowest BCUT2D eigenvalue weighted by Gasteiger charge is -2.11. The SMILES string of the molecule is COC(=O)Cc1cc(=O)[nH]c(S[C@H](C)C(=O)NC2CC2)n1. The minimum atomic E-state index is -0.469. The van der Waals surface area contributed by atoms with Gasteiger partial charge in [0, 0.05) is 12.1 Å². The van der Waals surface area contributed by atoms with E-state index in [1.165, 1.54) is 13.2 Å². The Morgan fingerprint density at radius 3 is 2.90 bits per heavy atom. The molecule has 0 aromatic carbocycles. The van der Waals surface area contributed by atoms with Crippen LogP contribution in [-0.2, 0) is 20.7 Å². The molecule has 1 heterocycles. The van der Waals surface area contributed by atoms with Gasteiger partial charge in [0.1, 0.15) is 0 Å². The average Bonchev–Trinajstić information content (AvgIpc) is 3.21. The Morgan fingerprint density at radius 1 is 1.57 bits per heavy atom. The number of aromatic nitrogens is 2. The second kappa shape index (κ2) is 6.75. The van der Waals surface area contributed by atoms with E-state index in [-0.39, 0.29) is 23.1 Å². The van der Waals surface area contributed by atoms with E-state index in [1.54, 1.807) is 6.92 Å². The lowest BCUT2D eigenvalue weighted by atomic mass is 10.3. The Morgan fingerprint density at radius 2 is 2.29 bits per heavy atom. The van der Waals surface area contributed by atoms with Gasteiger partial charge in [-0.3, -0.25) is 14.4 Å². The zero-order valence-corrected chi connectivity index (χ0v) is 12.7. The van der Waals surface area contributed by atoms with E-state index >= 15 is 0 Å². The largest absolute Gasteiger partial charge is 0.469 e. The molecule has 1 atom stereocenters. The zero-order valence-electron chi connectivity index (χ0n) is 11.8. The summed E-state index contributed by atoms with van der Waals surface area (Å²) in [6, 6.07) is 1.54. The molecule has 0 bridgehead atoms. The van der Waals surface area contributed by atoms with Gasteiger partial charge in [-0.15, -0.1) is 0 Å². The first kappa shape index (κ1) is 15.6. The Labute approximate surface area is 125 Å². The highest BCUT2D eigenvalue weighted by atomic mass is 32.2. The fourth-order valence-corrected chi connectivity index (χ4v) is 2.46. The van der Waals surface area contributed by atoms with Gasteiger partial charge in [0.15, 0.2) is 5.16 Å². The highest BCUT2D eigenvalue weighted by Gasteiger charge is 2.26. The standard InChI is InChI=1S/C13H17N3O4S/c1-7(12(19)14-8-3-4-8)21-13-15-9(5-10(17)16-13)6-11(18)20-2/h5,7-8H,3-4,6H2,1-2H3,(H,14,19)(H,15,16,17)/t7-/m1/s1. The van der Waals surface area contributed by atoms with Crippen molar-refractivity contribution in [1.29, 1.82) is 0 Å². The molecule has 21 heavy (non-hydrogen) atoms. The van der Waals surface area contributed by atoms with Gasteiger partial charge >= 0.3 is 5.97 Å². The van der Waals surface area contributed by atoms with E-state index in [1.807, 2.05) is 0 Å². The third-order valence-corrected chi connectivity index (χ3v) is 3.89. The van der Waals surface area contributed by atoms with Crippen LogP contribution in [0.15, 0.2) is 16.0 Å². The van der Waals surface area contributed by atoms with Crippen LogP contribution in [0.25, 0.3) is 0 Å². The third kappa shape index (κ3) is 4.89. The third-order valence-electron chi connectivity index (χ3n) is 2.91. The number of esters is 1. The van der Waals surface area contributed by atoms with Gasteiger partial charge in [0.25, 0.3) is 5.56 Å². The van der Waals surface area contributed by atoms with Crippen molar-refractivity contribution in [2.45, 2.75) is 42.6 Å². The Hall–Kier alpha value is -1.83. The number of amides is 1. The van der Waals surface area contributed by atoms with Gasteiger partial charge in [0.05, 0.1) is 24.5 Å². The topological polar surface area (TPSA) is 101 Å². The number of rotatable bonds is 6. The lowest BCUT2D eigenvalue weighted by Crippen LogP contribution is -2.32. The molecule has 1 amide bonds. The van der Waals surface area contributed by atoms with Crippen molar-refractivity contribution in [2.75, 3.05) is 7.11 Å². The van der Waals surface area contributed by atoms with E-state index in [0.717, 1.165) is 24.6 Å². The summed E-state index contributed by atoms with van der Waals surface area (Å²) in [6.07, 6.45) is 1.97. The number of ether oxygens (including phenoxy) is 1.